The topological polar surface area (TPSA) is 102 Å². The lowest BCUT2D eigenvalue weighted by atomic mass is 10.1. The van der Waals surface area contributed by atoms with Gasteiger partial charge in [0.15, 0.2) is 6.23 Å². The SMILES string of the molecule is CC(Oc1ccc(N=Nc2ccc(N)cc2N)cc1)N1CC=CC=C1c1ccccn1. The van der Waals surface area contributed by atoms with Gasteiger partial charge in [0.1, 0.15) is 11.4 Å². The highest BCUT2D eigenvalue weighted by Gasteiger charge is 2.20. The number of azo groups is 1. The van der Waals surface area contributed by atoms with Crippen molar-refractivity contribution in [1.82, 2.24) is 9.88 Å². The minimum atomic E-state index is -0.180. The summed E-state index contributed by atoms with van der Waals surface area (Å²) in [7, 11) is 0. The molecule has 4 rings (SSSR count). The molecule has 1 unspecified atom stereocenters. The molecule has 7 nitrogen and oxygen atoms in total. The standard InChI is InChI=1S/C24H24N6O/c1-17(30-15-5-3-7-24(30)23-6-2-4-14-27-23)31-20-11-9-19(10-12-20)28-29-22-13-8-18(25)16-21(22)26/h2-14,16-17H,15,25-26H2,1H3. The maximum Gasteiger partial charge on any atom is 0.169 e. The number of pyridine rings is 1. The Morgan fingerprint density at radius 1 is 1.03 bits per heavy atom. The van der Waals surface area contributed by atoms with Crippen molar-refractivity contribution in [3.63, 3.8) is 0 Å². The van der Waals surface area contributed by atoms with Gasteiger partial charge in [0, 0.05) is 18.4 Å². The van der Waals surface area contributed by atoms with Crippen LogP contribution in [0.5, 0.6) is 5.75 Å². The summed E-state index contributed by atoms with van der Waals surface area (Å²) in [6, 6.07) is 18.5. The summed E-state index contributed by atoms with van der Waals surface area (Å²) in [6.07, 6.45) is 7.81. The fraction of sp³-hybridized carbons (Fsp3) is 0.125. The number of aromatic nitrogens is 1. The van der Waals surface area contributed by atoms with Crippen LogP contribution < -0.4 is 16.2 Å². The summed E-state index contributed by atoms with van der Waals surface area (Å²) in [5.74, 6) is 0.744. The number of anilines is 2. The predicted molar refractivity (Wildman–Crippen MR) is 124 cm³/mol. The van der Waals surface area contributed by atoms with Crippen molar-refractivity contribution >= 4 is 28.4 Å². The zero-order chi connectivity index (χ0) is 21.6. The first-order valence-corrected chi connectivity index (χ1v) is 9.98. The molecule has 0 fully saturated rings. The van der Waals surface area contributed by atoms with E-state index in [9.17, 15) is 0 Å². The highest BCUT2D eigenvalue weighted by molar-refractivity contribution is 5.67. The highest BCUT2D eigenvalue weighted by atomic mass is 16.5. The molecule has 0 amide bonds. The van der Waals surface area contributed by atoms with Crippen LogP contribution in [0.4, 0.5) is 22.7 Å². The van der Waals surface area contributed by atoms with E-state index in [2.05, 4.69) is 32.3 Å². The molecule has 2 aromatic carbocycles. The summed E-state index contributed by atoms with van der Waals surface area (Å²) in [5.41, 5.74) is 15.9. The lowest BCUT2D eigenvalue weighted by Gasteiger charge is -2.33. The second kappa shape index (κ2) is 9.13. The number of nitrogens with zero attached hydrogens (tertiary/aromatic N) is 4. The lowest BCUT2D eigenvalue weighted by molar-refractivity contribution is 0.0939. The molecule has 0 radical (unpaired) electrons. The number of rotatable bonds is 6. The fourth-order valence-electron chi connectivity index (χ4n) is 3.25. The van der Waals surface area contributed by atoms with Gasteiger partial charge >= 0.3 is 0 Å². The molecule has 31 heavy (non-hydrogen) atoms. The molecular formula is C24H24N6O. The van der Waals surface area contributed by atoms with Crippen LogP contribution in [0.3, 0.4) is 0 Å². The Morgan fingerprint density at radius 3 is 2.61 bits per heavy atom. The van der Waals surface area contributed by atoms with Gasteiger partial charge in [-0.15, -0.1) is 5.11 Å². The van der Waals surface area contributed by atoms with Gasteiger partial charge in [0.05, 0.1) is 22.8 Å². The Bertz CT molecular complexity index is 1120. The summed E-state index contributed by atoms with van der Waals surface area (Å²) in [4.78, 5) is 6.64. The van der Waals surface area contributed by atoms with E-state index in [0.717, 1.165) is 23.7 Å². The second-order valence-corrected chi connectivity index (χ2v) is 7.08. The molecule has 0 bridgehead atoms. The van der Waals surface area contributed by atoms with Gasteiger partial charge in [-0.1, -0.05) is 18.2 Å². The van der Waals surface area contributed by atoms with Crippen LogP contribution in [0.25, 0.3) is 5.70 Å². The number of ether oxygens (including phenoxy) is 1. The van der Waals surface area contributed by atoms with Gasteiger partial charge in [-0.25, -0.2) is 0 Å². The van der Waals surface area contributed by atoms with Crippen molar-refractivity contribution in [1.29, 1.82) is 0 Å². The summed E-state index contributed by atoms with van der Waals surface area (Å²) < 4.78 is 6.17. The Hall–Kier alpha value is -4.13. The van der Waals surface area contributed by atoms with Crippen molar-refractivity contribution in [2.45, 2.75) is 13.2 Å². The molecule has 2 heterocycles. The number of nitrogen functional groups attached to an aromatic ring is 2. The molecule has 1 aliphatic rings. The number of hydrogen-bond acceptors (Lipinski definition) is 7. The van der Waals surface area contributed by atoms with E-state index in [0.29, 0.717) is 22.7 Å². The second-order valence-electron chi connectivity index (χ2n) is 7.08. The van der Waals surface area contributed by atoms with E-state index in [-0.39, 0.29) is 6.23 Å². The Balaban J connectivity index is 1.43. The first-order chi connectivity index (χ1) is 15.1. The van der Waals surface area contributed by atoms with Crippen LogP contribution in [0.15, 0.2) is 95.3 Å². The van der Waals surface area contributed by atoms with Crippen molar-refractivity contribution in [2.75, 3.05) is 18.0 Å². The van der Waals surface area contributed by atoms with Gasteiger partial charge in [0.25, 0.3) is 0 Å². The number of benzene rings is 2. The van der Waals surface area contributed by atoms with Crippen LogP contribution in [0.2, 0.25) is 0 Å². The zero-order valence-corrected chi connectivity index (χ0v) is 17.2. The first-order valence-electron chi connectivity index (χ1n) is 9.98. The Kier molecular flexibility index (Phi) is 5.93. The zero-order valence-electron chi connectivity index (χ0n) is 17.2. The molecule has 0 saturated carbocycles. The molecule has 1 atom stereocenters. The highest BCUT2D eigenvalue weighted by Crippen LogP contribution is 2.28. The first kappa shape index (κ1) is 20.2. The van der Waals surface area contributed by atoms with E-state index in [1.807, 2.05) is 55.5 Å². The molecule has 4 N–H and O–H groups in total. The average molecular weight is 412 g/mol. The molecule has 7 heteroatoms. The minimum absolute atomic E-state index is 0.180. The van der Waals surface area contributed by atoms with Crippen LogP contribution in [-0.4, -0.2) is 22.7 Å². The third-order valence-electron chi connectivity index (χ3n) is 4.84. The maximum atomic E-state index is 6.17. The van der Waals surface area contributed by atoms with Crippen molar-refractivity contribution in [2.24, 2.45) is 10.2 Å². The quantitative estimate of drug-likeness (QED) is 0.422. The summed E-state index contributed by atoms with van der Waals surface area (Å²) in [6.45, 7) is 2.77. The average Bonchev–Trinajstić information content (AvgIpc) is 2.80. The number of nitrogens with two attached hydrogens (primary N) is 2. The van der Waals surface area contributed by atoms with Crippen molar-refractivity contribution < 1.29 is 4.74 Å². The van der Waals surface area contributed by atoms with Crippen LogP contribution >= 0.6 is 0 Å². The van der Waals surface area contributed by atoms with Gasteiger partial charge < -0.3 is 21.1 Å². The van der Waals surface area contributed by atoms with Gasteiger partial charge in [-0.2, -0.15) is 5.11 Å². The van der Waals surface area contributed by atoms with Gasteiger partial charge in [0.2, 0.25) is 0 Å². The number of allylic oxidation sites excluding steroid dienone is 2. The van der Waals surface area contributed by atoms with Crippen LogP contribution in [-0.2, 0) is 0 Å². The third kappa shape index (κ3) is 4.90. The molecule has 0 spiro atoms. The third-order valence-corrected chi connectivity index (χ3v) is 4.84. The number of hydrogen-bond donors (Lipinski definition) is 2. The van der Waals surface area contributed by atoms with E-state index in [1.165, 1.54) is 0 Å². The molecular weight excluding hydrogens is 388 g/mol. The largest absolute Gasteiger partial charge is 0.471 e. The molecule has 0 aliphatic carbocycles. The van der Waals surface area contributed by atoms with E-state index in [4.69, 9.17) is 16.2 Å². The van der Waals surface area contributed by atoms with Gasteiger partial charge in [-0.05, 0) is 67.6 Å². The molecule has 3 aromatic rings. The molecule has 156 valence electrons. The monoisotopic (exact) mass is 412 g/mol. The predicted octanol–water partition coefficient (Wildman–Crippen LogP) is 5.30. The van der Waals surface area contributed by atoms with Gasteiger partial charge in [-0.3, -0.25) is 4.98 Å². The summed E-state index contributed by atoms with van der Waals surface area (Å²) in [5, 5.41) is 8.44. The van der Waals surface area contributed by atoms with E-state index in [1.54, 1.807) is 24.4 Å². The van der Waals surface area contributed by atoms with Crippen molar-refractivity contribution in [3.05, 3.63) is 90.8 Å². The smallest absolute Gasteiger partial charge is 0.169 e. The normalized spacial score (nSPS) is 14.5. The Labute approximate surface area is 181 Å². The van der Waals surface area contributed by atoms with Crippen LogP contribution in [0.1, 0.15) is 12.6 Å². The molecule has 1 aromatic heterocycles. The lowest BCUT2D eigenvalue weighted by Crippen LogP contribution is -2.37. The van der Waals surface area contributed by atoms with E-state index >= 15 is 0 Å². The molecule has 1 aliphatic heterocycles. The van der Waals surface area contributed by atoms with Crippen molar-refractivity contribution in [3.8, 4) is 5.75 Å². The minimum Gasteiger partial charge on any atom is -0.471 e. The fourth-order valence-corrected chi connectivity index (χ4v) is 3.25. The Morgan fingerprint density at radius 2 is 1.87 bits per heavy atom. The van der Waals surface area contributed by atoms with Crippen LogP contribution in [0, 0.1) is 0 Å². The maximum absolute atomic E-state index is 6.17. The summed E-state index contributed by atoms with van der Waals surface area (Å²) >= 11 is 0. The van der Waals surface area contributed by atoms with E-state index < -0.39 is 0 Å². The molecule has 0 saturated heterocycles.